The van der Waals surface area contributed by atoms with Gasteiger partial charge in [0.25, 0.3) is 0 Å². The average Bonchev–Trinajstić information content (AvgIpc) is 2.06. The van der Waals surface area contributed by atoms with Crippen LogP contribution >= 0.6 is 11.6 Å². The van der Waals surface area contributed by atoms with E-state index in [1.165, 1.54) is 19.2 Å². The van der Waals surface area contributed by atoms with Gasteiger partial charge in [-0.05, 0) is 12.1 Å². The fraction of sp³-hybridized carbons (Fsp3) is 0.125. The minimum Gasteiger partial charge on any atom is -0.504 e. The third-order valence-corrected chi connectivity index (χ3v) is 1.83. The molecule has 64 valence electrons. The van der Waals surface area contributed by atoms with Crippen molar-refractivity contribution in [2.24, 2.45) is 0 Å². The molecule has 0 radical (unpaired) electrons. The first kappa shape index (κ1) is 8.87. The minimum absolute atomic E-state index is 0.0758. The van der Waals surface area contributed by atoms with E-state index >= 15 is 0 Å². The van der Waals surface area contributed by atoms with E-state index in [4.69, 9.17) is 16.3 Å². The summed E-state index contributed by atoms with van der Waals surface area (Å²) in [6.45, 7) is 0. The van der Waals surface area contributed by atoms with Gasteiger partial charge in [-0.3, -0.25) is 4.79 Å². The highest BCUT2D eigenvalue weighted by molar-refractivity contribution is 6.34. The molecule has 0 heterocycles. The highest BCUT2D eigenvalue weighted by atomic mass is 35.5. The van der Waals surface area contributed by atoms with Crippen molar-refractivity contribution in [2.45, 2.75) is 0 Å². The van der Waals surface area contributed by atoms with Crippen LogP contribution in [0.1, 0.15) is 10.4 Å². The van der Waals surface area contributed by atoms with Gasteiger partial charge in [0.2, 0.25) is 0 Å². The molecule has 0 bridgehead atoms. The van der Waals surface area contributed by atoms with Crippen LogP contribution in [0, 0.1) is 0 Å². The van der Waals surface area contributed by atoms with E-state index in [2.05, 4.69) is 0 Å². The number of halogens is 1. The summed E-state index contributed by atoms with van der Waals surface area (Å²) in [6, 6.07) is 2.78. The van der Waals surface area contributed by atoms with E-state index in [1.54, 1.807) is 0 Å². The lowest BCUT2D eigenvalue weighted by Crippen LogP contribution is -1.89. The number of carbonyl (C=O) groups is 1. The summed E-state index contributed by atoms with van der Waals surface area (Å²) in [5.74, 6) is 0.0503. The van der Waals surface area contributed by atoms with Crippen LogP contribution in [0.15, 0.2) is 12.1 Å². The molecule has 0 unspecified atom stereocenters. The van der Waals surface area contributed by atoms with Crippen LogP contribution in [-0.4, -0.2) is 18.5 Å². The molecule has 0 saturated heterocycles. The molecular weight excluding hydrogens is 180 g/mol. The fourth-order valence-electron chi connectivity index (χ4n) is 0.846. The maximum atomic E-state index is 10.4. The lowest BCUT2D eigenvalue weighted by atomic mass is 10.2. The molecule has 0 aliphatic rings. The van der Waals surface area contributed by atoms with Crippen molar-refractivity contribution in [2.75, 3.05) is 7.11 Å². The predicted molar refractivity (Wildman–Crippen MR) is 45.1 cm³/mol. The Hall–Kier alpha value is -1.22. The quantitative estimate of drug-likeness (QED) is 0.718. The van der Waals surface area contributed by atoms with E-state index in [9.17, 15) is 9.90 Å². The maximum absolute atomic E-state index is 10.4. The summed E-state index contributed by atoms with van der Waals surface area (Å²) in [5.41, 5.74) is 0.298. The van der Waals surface area contributed by atoms with Gasteiger partial charge in [0.05, 0.1) is 12.1 Å². The van der Waals surface area contributed by atoms with Crippen LogP contribution in [-0.2, 0) is 0 Å². The first-order chi connectivity index (χ1) is 5.70. The number of rotatable bonds is 2. The van der Waals surface area contributed by atoms with E-state index in [0.29, 0.717) is 11.8 Å². The average molecular weight is 187 g/mol. The lowest BCUT2D eigenvalue weighted by Gasteiger charge is -2.05. The van der Waals surface area contributed by atoms with Crippen LogP contribution < -0.4 is 4.74 Å². The Kier molecular flexibility index (Phi) is 2.55. The highest BCUT2D eigenvalue weighted by Crippen LogP contribution is 2.35. The van der Waals surface area contributed by atoms with Gasteiger partial charge in [0.15, 0.2) is 17.8 Å². The number of aromatic hydroxyl groups is 1. The van der Waals surface area contributed by atoms with Gasteiger partial charge in [0, 0.05) is 5.56 Å². The molecular formula is C8H7ClO3. The summed E-state index contributed by atoms with van der Waals surface area (Å²) in [4.78, 5) is 10.4. The van der Waals surface area contributed by atoms with Gasteiger partial charge in [-0.25, -0.2) is 0 Å². The van der Waals surface area contributed by atoms with E-state index < -0.39 is 0 Å². The molecule has 1 rings (SSSR count). The molecule has 0 saturated carbocycles. The van der Waals surface area contributed by atoms with Crippen LogP contribution in [0.4, 0.5) is 0 Å². The zero-order valence-corrected chi connectivity index (χ0v) is 7.13. The van der Waals surface area contributed by atoms with E-state index in [-0.39, 0.29) is 16.5 Å². The van der Waals surface area contributed by atoms with Crippen molar-refractivity contribution in [1.82, 2.24) is 0 Å². The summed E-state index contributed by atoms with van der Waals surface area (Å²) < 4.78 is 4.78. The smallest absolute Gasteiger partial charge is 0.179 e. The van der Waals surface area contributed by atoms with E-state index in [1.807, 2.05) is 0 Å². The van der Waals surface area contributed by atoms with Gasteiger partial charge in [-0.2, -0.15) is 0 Å². The molecule has 0 aromatic heterocycles. The maximum Gasteiger partial charge on any atom is 0.179 e. The number of phenolic OH excluding ortho intramolecular Hbond substituents is 1. The minimum atomic E-state index is -0.0758. The van der Waals surface area contributed by atoms with Gasteiger partial charge in [-0.1, -0.05) is 11.6 Å². The Balaban J connectivity index is 3.33. The molecule has 1 aromatic carbocycles. The Bertz CT molecular complexity index is 309. The van der Waals surface area contributed by atoms with Gasteiger partial charge in [0.1, 0.15) is 0 Å². The van der Waals surface area contributed by atoms with Crippen molar-refractivity contribution in [1.29, 1.82) is 0 Å². The number of benzene rings is 1. The van der Waals surface area contributed by atoms with Crippen LogP contribution in [0.25, 0.3) is 0 Å². The molecule has 0 fully saturated rings. The topological polar surface area (TPSA) is 46.5 Å². The zero-order valence-electron chi connectivity index (χ0n) is 6.37. The number of hydrogen-bond donors (Lipinski definition) is 1. The molecule has 0 atom stereocenters. The monoisotopic (exact) mass is 186 g/mol. The van der Waals surface area contributed by atoms with Crippen molar-refractivity contribution in [3.63, 3.8) is 0 Å². The molecule has 0 aliphatic carbocycles. The second-order valence-corrected chi connectivity index (χ2v) is 2.52. The lowest BCUT2D eigenvalue weighted by molar-refractivity contribution is 0.112. The molecule has 3 nitrogen and oxygen atoms in total. The van der Waals surface area contributed by atoms with Gasteiger partial charge >= 0.3 is 0 Å². The number of carbonyl (C=O) groups excluding carboxylic acids is 1. The molecule has 0 amide bonds. The molecule has 1 N–H and O–H groups in total. The Morgan fingerprint density at radius 3 is 2.75 bits per heavy atom. The summed E-state index contributed by atoms with van der Waals surface area (Å²) in [6.07, 6.45) is 0.601. The van der Waals surface area contributed by atoms with Crippen molar-refractivity contribution >= 4 is 17.9 Å². The van der Waals surface area contributed by atoms with Crippen molar-refractivity contribution < 1.29 is 14.6 Å². The molecule has 0 aliphatic heterocycles. The first-order valence-corrected chi connectivity index (χ1v) is 3.59. The molecule has 12 heavy (non-hydrogen) atoms. The number of ether oxygens (including phenoxy) is 1. The summed E-state index contributed by atoms with van der Waals surface area (Å²) in [7, 11) is 1.37. The molecule has 4 heteroatoms. The van der Waals surface area contributed by atoms with Crippen LogP contribution in [0.5, 0.6) is 11.5 Å². The SMILES string of the molecule is COc1c(O)ccc(C=O)c1Cl. The highest BCUT2D eigenvalue weighted by Gasteiger charge is 2.10. The van der Waals surface area contributed by atoms with Gasteiger partial charge < -0.3 is 9.84 Å². The van der Waals surface area contributed by atoms with Crippen LogP contribution in [0.3, 0.4) is 0 Å². The second-order valence-electron chi connectivity index (χ2n) is 2.14. The van der Waals surface area contributed by atoms with Crippen molar-refractivity contribution in [3.8, 4) is 11.5 Å². The number of hydrogen-bond acceptors (Lipinski definition) is 3. The summed E-state index contributed by atoms with van der Waals surface area (Å²) in [5, 5.41) is 9.32. The number of methoxy groups -OCH3 is 1. The third kappa shape index (κ3) is 1.36. The fourth-order valence-corrected chi connectivity index (χ4v) is 1.13. The standard InChI is InChI=1S/C8H7ClO3/c1-12-8-6(11)3-2-5(4-10)7(8)9/h2-4,11H,1H3. The molecule has 0 spiro atoms. The third-order valence-electron chi connectivity index (χ3n) is 1.44. The largest absolute Gasteiger partial charge is 0.504 e. The van der Waals surface area contributed by atoms with E-state index in [0.717, 1.165) is 0 Å². The summed E-state index contributed by atoms with van der Waals surface area (Å²) >= 11 is 5.70. The molecule has 1 aromatic rings. The second kappa shape index (κ2) is 3.45. The number of phenols is 1. The Labute approximate surface area is 74.5 Å². The predicted octanol–water partition coefficient (Wildman–Crippen LogP) is 1.87. The van der Waals surface area contributed by atoms with Gasteiger partial charge in [-0.15, -0.1) is 0 Å². The Morgan fingerprint density at radius 2 is 2.25 bits per heavy atom. The number of aldehydes is 1. The van der Waals surface area contributed by atoms with Crippen molar-refractivity contribution in [3.05, 3.63) is 22.7 Å². The normalized spacial score (nSPS) is 9.50. The Morgan fingerprint density at radius 1 is 1.58 bits per heavy atom. The zero-order chi connectivity index (χ0) is 9.14. The first-order valence-electron chi connectivity index (χ1n) is 3.21. The van der Waals surface area contributed by atoms with Crippen LogP contribution in [0.2, 0.25) is 5.02 Å².